The van der Waals surface area contributed by atoms with Gasteiger partial charge in [-0.15, -0.1) is 0 Å². The van der Waals surface area contributed by atoms with Gasteiger partial charge in [-0.05, 0) is 104 Å². The Morgan fingerprint density at radius 3 is 0.810 bits per heavy atom. The number of carbonyl (C=O) groups is 10. The molecule has 45 N–H and O–H groups in total. The summed E-state index contributed by atoms with van der Waals surface area (Å²) in [6.45, 7) is 0.950. The van der Waals surface area contributed by atoms with Crippen LogP contribution in [0.5, 0.6) is 0 Å². The zero-order valence-corrected chi connectivity index (χ0v) is 81.2. The summed E-state index contributed by atoms with van der Waals surface area (Å²) < 4.78 is 137. The number of hydrogen-bond donors (Lipinski definition) is 30. The Morgan fingerprint density at radius 2 is 0.577 bits per heavy atom. The van der Waals surface area contributed by atoms with Gasteiger partial charge in [0.05, 0.1) is 30.2 Å². The van der Waals surface area contributed by atoms with E-state index in [-0.39, 0.29) is 174 Å². The molecule has 0 spiro atoms. The molecule has 5 saturated heterocycles. The number of amides is 5. The fourth-order valence-electron chi connectivity index (χ4n) is 15.7. The molecule has 1 aliphatic carbocycles. The summed E-state index contributed by atoms with van der Waals surface area (Å²) in [7, 11) is -28.5. The molecule has 6 aliphatic rings. The lowest BCUT2D eigenvalue weighted by Gasteiger charge is -2.32. The van der Waals surface area contributed by atoms with E-state index >= 15 is 0 Å². The fraction of sp³-hybridized carbons (Fsp3) is 0.851. The fourth-order valence-corrected chi connectivity index (χ4v) is 24.5. The van der Waals surface area contributed by atoms with E-state index in [1.165, 1.54) is 20.8 Å². The monoisotopic (exact) mass is 2070 g/mol. The number of carboxylic acid groups (broad SMARTS) is 5. The van der Waals surface area contributed by atoms with Gasteiger partial charge >= 0.3 is 116 Å². The van der Waals surface area contributed by atoms with Crippen molar-refractivity contribution in [1.82, 2.24) is 43.1 Å². The lowest BCUT2D eigenvalue weighted by molar-refractivity contribution is -0.145. The van der Waals surface area contributed by atoms with Gasteiger partial charge in [0.1, 0.15) is 27.7 Å². The van der Waals surface area contributed by atoms with Crippen LogP contribution in [0.15, 0.2) is 0 Å². The minimum Gasteiger partial charge on any atom is -0.480 e. The first-order valence-corrected chi connectivity index (χ1v) is 50.7. The van der Waals surface area contributed by atoms with Gasteiger partial charge in [-0.25, -0.2) is 21.5 Å². The van der Waals surface area contributed by atoms with Gasteiger partial charge < -0.3 is 162 Å². The van der Waals surface area contributed by atoms with Crippen molar-refractivity contribution in [3.05, 3.63) is 0 Å². The van der Waals surface area contributed by atoms with E-state index in [0.717, 1.165) is 28.6 Å². The third-order valence-corrected chi connectivity index (χ3v) is 33.7. The van der Waals surface area contributed by atoms with Crippen molar-refractivity contribution in [3.63, 3.8) is 0 Å². The lowest BCUT2D eigenvalue weighted by Crippen LogP contribution is -2.58. The highest BCUT2D eigenvalue weighted by atomic mass is 32.2. The van der Waals surface area contributed by atoms with Crippen LogP contribution < -0.4 is 86.0 Å². The minimum absolute atomic E-state index is 0.000900. The highest BCUT2D eigenvalue weighted by Crippen LogP contribution is 2.41. The van der Waals surface area contributed by atoms with E-state index in [9.17, 15) is 116 Å². The molecule has 1 saturated carbocycles. The number of nitrogens with zero attached hydrogens (tertiary/aromatic N) is 10. The van der Waals surface area contributed by atoms with Crippen molar-refractivity contribution < 1.29 is 166 Å². The molecular weight excluding hydrogens is 1930 g/mol. The molecule has 70 heteroatoms. The largest absolute Gasteiger partial charge is 0.480 e. The third-order valence-electron chi connectivity index (χ3n) is 24.2. The van der Waals surface area contributed by atoms with Crippen LogP contribution in [0.25, 0.3) is 0 Å². The second-order valence-electron chi connectivity index (χ2n) is 34.8. The smallest absolute Gasteiger partial charge is 0.451 e. The van der Waals surface area contributed by atoms with Crippen LogP contribution in [-0.2, 0) is 99.0 Å². The Bertz CT molecular complexity index is 4520. The summed E-state index contributed by atoms with van der Waals surface area (Å²) >= 11 is 0. The molecule has 0 aromatic carbocycles. The maximum absolute atomic E-state index is 13.1. The van der Waals surface area contributed by atoms with Crippen molar-refractivity contribution >= 4 is 146 Å². The Kier molecular flexibility index (Phi) is 49.7. The minimum atomic E-state index is -4.39. The normalized spacial score (nSPS) is 25.0. The van der Waals surface area contributed by atoms with E-state index in [1.807, 2.05) is 0 Å². The Labute approximate surface area is 797 Å². The Morgan fingerprint density at radius 1 is 0.350 bits per heavy atom. The molecule has 790 valence electrons. The van der Waals surface area contributed by atoms with Gasteiger partial charge in [0.2, 0.25) is 0 Å². The SMILES string of the molecule is CC(C)N(C(=O)C(N)CN)S(=O)(=O)N1C[C@H](CCCB(O)O)[C@](N)(C(=O)O)C1.CCCN(C(=O)C(N)CN)S(=O)(=O)N1C[C@H](CCCB(O)O)[C@](N)(C(=O)O)C1.CCN(C(=O)C(N)CN)S(=O)(=O)N1C[C@H](CCCB(O)O)[C@](N)(C(=O)O)C1.CN(C(=O)C(N)CN)S(=O)(=O)N1C[C@H](CCCB(O)O)[C@](N)(C(=O)O)C1.NCC(N)C(=O)N(C1CC1)S(=O)(=O)N1C[C@H](CCCB(O)O)[C@](N)(C(=O)O)C1. The van der Waals surface area contributed by atoms with Gasteiger partial charge in [0.15, 0.2) is 0 Å². The molecule has 0 aromatic rings. The van der Waals surface area contributed by atoms with Gasteiger partial charge in [0.25, 0.3) is 29.5 Å². The van der Waals surface area contributed by atoms with Crippen LogP contribution in [-0.4, -0.2) is 444 Å². The predicted octanol–water partition coefficient (Wildman–Crippen LogP) is -17.8. The number of nitrogens with two attached hydrogens (primary N) is 15. The van der Waals surface area contributed by atoms with E-state index in [1.54, 1.807) is 6.92 Å². The molecule has 137 heavy (non-hydrogen) atoms. The summed E-state index contributed by atoms with van der Waals surface area (Å²) in [5, 5.41) is 137. The number of carbonyl (C=O) groups excluding carboxylic acids is 5. The van der Waals surface area contributed by atoms with E-state index in [4.69, 9.17) is 136 Å². The van der Waals surface area contributed by atoms with Crippen molar-refractivity contribution in [1.29, 1.82) is 0 Å². The number of aliphatic carboxylic acids is 5. The summed E-state index contributed by atoms with van der Waals surface area (Å²) in [5.74, 6) is -15.0. The highest BCUT2D eigenvalue weighted by Gasteiger charge is 2.60. The van der Waals surface area contributed by atoms with Crippen molar-refractivity contribution in [2.75, 3.05) is 118 Å². The molecule has 15 atom stereocenters. The van der Waals surface area contributed by atoms with Gasteiger partial charge in [-0.1, -0.05) is 39.0 Å². The molecule has 5 heterocycles. The molecule has 0 bridgehead atoms. The van der Waals surface area contributed by atoms with Crippen LogP contribution in [0.4, 0.5) is 0 Å². The molecule has 0 aromatic heterocycles. The maximum atomic E-state index is 13.1. The molecule has 60 nitrogen and oxygen atoms in total. The molecule has 5 aliphatic heterocycles. The van der Waals surface area contributed by atoms with Crippen molar-refractivity contribution in [2.24, 2.45) is 116 Å². The summed E-state index contributed by atoms with van der Waals surface area (Å²) in [6.07, 6.45) is 3.48. The molecule has 5 unspecified atom stereocenters. The molecule has 5 amide bonds. The second-order valence-corrected chi connectivity index (χ2v) is 44.1. The van der Waals surface area contributed by atoms with Crippen LogP contribution in [0.2, 0.25) is 31.6 Å². The predicted molar refractivity (Wildman–Crippen MR) is 493 cm³/mol. The van der Waals surface area contributed by atoms with Crippen LogP contribution >= 0.6 is 0 Å². The number of hydrogen-bond acceptors (Lipinski definition) is 45. The zero-order valence-electron chi connectivity index (χ0n) is 77.1. The average molecular weight is 2070 g/mol. The first kappa shape index (κ1) is 127. The highest BCUT2D eigenvalue weighted by molar-refractivity contribution is 7.88. The first-order valence-electron chi connectivity index (χ1n) is 43.7. The quantitative estimate of drug-likeness (QED) is 0.0252. The van der Waals surface area contributed by atoms with Crippen LogP contribution in [0.1, 0.15) is 111 Å². The third kappa shape index (κ3) is 32.5. The molecular formula is C67H142B5N25O35S5. The average Bonchev–Trinajstić information content (AvgIpc) is 1.55. The number of likely N-dealkylation sites (N-methyl/N-ethyl adjacent to an activating group) is 2. The molecule has 6 fully saturated rings. The van der Waals surface area contributed by atoms with Crippen molar-refractivity contribution in [2.45, 2.75) is 213 Å². The van der Waals surface area contributed by atoms with E-state index < -0.39 is 278 Å². The van der Waals surface area contributed by atoms with Crippen LogP contribution in [0.3, 0.4) is 0 Å². The van der Waals surface area contributed by atoms with Crippen molar-refractivity contribution in [3.8, 4) is 0 Å². The standard InChI is InChI=1S/C14H28BN5O7S.2C14H30BN5O7S.C13H28BN5O7S.C12H26BN5O7S/c16-6-11(17)12(21)20(10-3-4-10)28(26,27)19-7-9(2-1-5-15(24)25)14(18,8-19)13(22)23;1-9(2)20(12(21)11(17)6-16)28(26,27)19-7-10(4-3-5-15(24)25)14(18,8-19)13(22)23;1-2-6-20(12(21)11(17)7-16)28(26,27)19-8-10(4-3-5-15(24)25)14(18,9-19)13(22)23;1-2-19(11(20)10(16)6-15)27(25,26)18-7-9(4-3-5-14(23)24)13(17,8-18)12(21)22;1-17(10(19)9(15)5-14)26(24,25)18-6-8(3-2-4-13(22)23)12(16,7-18)11(20)21/h9-11,24-25H,1-8,16-18H2,(H,22,23);9-11,24-25H,3-8,16-18H2,1-2H3,(H,22,23);10-11,24-25H,2-9,16-18H2,1H3,(H,22,23);9-10,23-24H,2-8,15-17H2,1H3,(H,21,22);8-9,22-23H,2-7,14-16H2,1H3,(H,20,21)/t9-,11?,14-;2*10-,11?,14-;9-,10?,13-;8-,9?,12-/m00000/s1. The first-order chi connectivity index (χ1) is 62.9. The number of carboxylic acids is 5. The summed E-state index contributed by atoms with van der Waals surface area (Å²) in [4.78, 5) is 120. The summed E-state index contributed by atoms with van der Waals surface area (Å²) in [6, 6.07) is -7.29. The summed E-state index contributed by atoms with van der Waals surface area (Å²) in [5.41, 5.74) is 75.3. The zero-order chi connectivity index (χ0) is 106. The van der Waals surface area contributed by atoms with Gasteiger partial charge in [-0.3, -0.25) is 47.9 Å². The van der Waals surface area contributed by atoms with Crippen LogP contribution in [0, 0.1) is 29.6 Å². The maximum Gasteiger partial charge on any atom is 0.451 e. The van der Waals surface area contributed by atoms with E-state index in [0.29, 0.717) is 40.8 Å². The lowest BCUT2D eigenvalue weighted by atomic mass is 9.78. The molecule has 6 rings (SSSR count). The topological polar surface area (TPSA) is 1070 Å². The Hall–Kier alpha value is -6.43. The second kappa shape index (κ2) is 53.8. The van der Waals surface area contributed by atoms with Gasteiger partial charge in [0, 0.05) is 160 Å². The number of rotatable bonds is 50. The Balaban J connectivity index is 0.000000579. The molecule has 0 radical (unpaired) electrons. The van der Waals surface area contributed by atoms with Gasteiger partial charge in [-0.2, -0.15) is 63.6 Å². The van der Waals surface area contributed by atoms with E-state index in [2.05, 4.69) is 0 Å².